The lowest BCUT2D eigenvalue weighted by Crippen LogP contribution is -2.12. The molecule has 6 nitrogen and oxygen atoms in total. The maximum atomic E-state index is 5.50. The zero-order valence-corrected chi connectivity index (χ0v) is 13.3. The van der Waals surface area contributed by atoms with Crippen LogP contribution in [0.4, 0.5) is 0 Å². The van der Waals surface area contributed by atoms with Crippen LogP contribution >= 0.6 is 0 Å². The summed E-state index contributed by atoms with van der Waals surface area (Å²) in [4.78, 5) is 13.5. The highest BCUT2D eigenvalue weighted by Gasteiger charge is 2.24. The Hall–Kier alpha value is -1.82. The van der Waals surface area contributed by atoms with Crippen molar-refractivity contribution in [3.05, 3.63) is 23.9 Å². The highest BCUT2D eigenvalue weighted by molar-refractivity contribution is 5.47. The van der Waals surface area contributed by atoms with Crippen molar-refractivity contribution in [3.63, 3.8) is 0 Å². The van der Waals surface area contributed by atoms with E-state index in [0.29, 0.717) is 6.61 Å². The summed E-state index contributed by atoms with van der Waals surface area (Å²) >= 11 is 0. The lowest BCUT2D eigenvalue weighted by Gasteiger charge is -2.10. The molecule has 1 saturated heterocycles. The molecule has 0 spiro atoms. The van der Waals surface area contributed by atoms with Crippen LogP contribution in [-0.2, 0) is 11.2 Å². The largest absolute Gasteiger partial charge is 0.379 e. The van der Waals surface area contributed by atoms with E-state index in [-0.39, 0.29) is 6.04 Å². The monoisotopic (exact) mass is 301 g/mol. The summed E-state index contributed by atoms with van der Waals surface area (Å²) < 4.78 is 7.50. The molecule has 0 N–H and O–H groups in total. The Kier molecular flexibility index (Phi) is 4.77. The predicted molar refractivity (Wildman–Crippen MR) is 83.5 cm³/mol. The van der Waals surface area contributed by atoms with E-state index in [0.717, 1.165) is 48.9 Å². The first-order valence-electron chi connectivity index (χ1n) is 8.10. The summed E-state index contributed by atoms with van der Waals surface area (Å²) in [5.74, 6) is 1.72. The fourth-order valence-electron chi connectivity index (χ4n) is 2.66. The summed E-state index contributed by atoms with van der Waals surface area (Å²) in [7, 11) is 0. The molecule has 0 bridgehead atoms. The number of nitrogens with zero attached hydrogens (tertiary/aromatic N) is 5. The Morgan fingerprint density at radius 1 is 1.27 bits per heavy atom. The van der Waals surface area contributed by atoms with Crippen LogP contribution in [0.5, 0.6) is 0 Å². The van der Waals surface area contributed by atoms with Gasteiger partial charge in [0.05, 0.1) is 24.5 Å². The van der Waals surface area contributed by atoms with Crippen molar-refractivity contribution in [2.45, 2.75) is 52.0 Å². The van der Waals surface area contributed by atoms with Crippen molar-refractivity contribution < 1.29 is 4.74 Å². The Morgan fingerprint density at radius 2 is 2.18 bits per heavy atom. The van der Waals surface area contributed by atoms with E-state index >= 15 is 0 Å². The van der Waals surface area contributed by atoms with Gasteiger partial charge in [0.1, 0.15) is 5.69 Å². The van der Waals surface area contributed by atoms with Crippen molar-refractivity contribution in [2.75, 3.05) is 13.2 Å². The summed E-state index contributed by atoms with van der Waals surface area (Å²) in [5.41, 5.74) is 1.69. The van der Waals surface area contributed by atoms with Gasteiger partial charge in [-0.2, -0.15) is 5.10 Å². The summed E-state index contributed by atoms with van der Waals surface area (Å²) in [6.07, 6.45) is 8.98. The number of aromatic nitrogens is 5. The van der Waals surface area contributed by atoms with Crippen molar-refractivity contribution >= 4 is 0 Å². The van der Waals surface area contributed by atoms with Gasteiger partial charge < -0.3 is 4.74 Å². The Balaban J connectivity index is 1.89. The minimum atomic E-state index is 0.255. The lowest BCUT2D eigenvalue weighted by atomic mass is 10.2. The second-order valence-electron chi connectivity index (χ2n) is 5.81. The van der Waals surface area contributed by atoms with Crippen molar-refractivity contribution in [1.29, 1.82) is 0 Å². The molecule has 22 heavy (non-hydrogen) atoms. The van der Waals surface area contributed by atoms with E-state index in [1.54, 1.807) is 12.4 Å². The highest BCUT2D eigenvalue weighted by Crippen LogP contribution is 2.24. The standard InChI is InChI=1S/C16H23N5O/c1-3-4-5-6-15-19-16(14-10-17-12(2)9-18-14)21(20-15)13-7-8-22-11-13/h9-10,13H,3-8,11H2,1-2H3. The van der Waals surface area contributed by atoms with Crippen LogP contribution in [0.1, 0.15) is 50.2 Å². The number of hydrogen-bond donors (Lipinski definition) is 0. The third kappa shape index (κ3) is 3.32. The van der Waals surface area contributed by atoms with Gasteiger partial charge in [-0.3, -0.25) is 4.98 Å². The minimum Gasteiger partial charge on any atom is -0.379 e. The fourth-order valence-corrected chi connectivity index (χ4v) is 2.66. The van der Waals surface area contributed by atoms with E-state index in [2.05, 4.69) is 16.9 Å². The molecule has 0 aliphatic carbocycles. The highest BCUT2D eigenvalue weighted by atomic mass is 16.5. The van der Waals surface area contributed by atoms with Gasteiger partial charge in [-0.1, -0.05) is 19.8 Å². The molecule has 1 unspecified atom stereocenters. The van der Waals surface area contributed by atoms with Crippen molar-refractivity contribution in [2.24, 2.45) is 0 Å². The second kappa shape index (κ2) is 6.96. The zero-order chi connectivity index (χ0) is 15.4. The number of rotatable bonds is 6. The molecule has 2 aromatic rings. The van der Waals surface area contributed by atoms with Crippen LogP contribution in [0.3, 0.4) is 0 Å². The second-order valence-corrected chi connectivity index (χ2v) is 5.81. The summed E-state index contributed by atoms with van der Waals surface area (Å²) in [6.45, 7) is 5.62. The van der Waals surface area contributed by atoms with Gasteiger partial charge in [0.15, 0.2) is 11.6 Å². The Labute approximate surface area is 131 Å². The molecular weight excluding hydrogens is 278 g/mol. The van der Waals surface area contributed by atoms with Gasteiger partial charge in [0.2, 0.25) is 0 Å². The third-order valence-corrected chi connectivity index (χ3v) is 3.94. The molecular formula is C16H23N5O. The van der Waals surface area contributed by atoms with E-state index in [4.69, 9.17) is 14.8 Å². The van der Waals surface area contributed by atoms with Crippen LogP contribution in [0.2, 0.25) is 0 Å². The molecule has 0 aromatic carbocycles. The molecule has 6 heteroatoms. The molecule has 1 atom stereocenters. The van der Waals surface area contributed by atoms with Gasteiger partial charge in [0, 0.05) is 19.2 Å². The number of ether oxygens (including phenoxy) is 1. The van der Waals surface area contributed by atoms with Crippen LogP contribution in [0, 0.1) is 6.92 Å². The van der Waals surface area contributed by atoms with Gasteiger partial charge in [-0.05, 0) is 19.8 Å². The molecule has 1 fully saturated rings. The number of hydrogen-bond acceptors (Lipinski definition) is 5. The van der Waals surface area contributed by atoms with E-state index in [1.807, 2.05) is 11.6 Å². The Morgan fingerprint density at radius 3 is 2.86 bits per heavy atom. The van der Waals surface area contributed by atoms with Crippen LogP contribution in [0.15, 0.2) is 12.4 Å². The lowest BCUT2D eigenvalue weighted by molar-refractivity contribution is 0.184. The van der Waals surface area contributed by atoms with Crippen molar-refractivity contribution in [1.82, 2.24) is 24.7 Å². The van der Waals surface area contributed by atoms with Crippen LogP contribution < -0.4 is 0 Å². The maximum Gasteiger partial charge on any atom is 0.179 e. The molecule has 0 amide bonds. The Bertz CT molecular complexity index is 601. The van der Waals surface area contributed by atoms with Gasteiger partial charge >= 0.3 is 0 Å². The van der Waals surface area contributed by atoms with Gasteiger partial charge in [0.25, 0.3) is 0 Å². The average Bonchev–Trinajstić information content (AvgIpc) is 3.17. The van der Waals surface area contributed by atoms with Crippen LogP contribution in [-0.4, -0.2) is 37.9 Å². The smallest absolute Gasteiger partial charge is 0.179 e. The average molecular weight is 301 g/mol. The SMILES string of the molecule is CCCCCc1nc(-c2cnc(C)cn2)n(C2CCOC2)n1. The van der Waals surface area contributed by atoms with Crippen LogP contribution in [0.25, 0.3) is 11.5 Å². The summed E-state index contributed by atoms with van der Waals surface area (Å²) in [6, 6.07) is 0.255. The van der Waals surface area contributed by atoms with E-state index in [1.165, 1.54) is 12.8 Å². The molecule has 3 rings (SSSR count). The normalized spacial score (nSPS) is 18.0. The van der Waals surface area contributed by atoms with E-state index < -0.39 is 0 Å². The number of aryl methyl sites for hydroxylation is 2. The summed E-state index contributed by atoms with van der Waals surface area (Å²) in [5, 5.41) is 4.72. The molecule has 0 saturated carbocycles. The molecule has 1 aliphatic heterocycles. The fraction of sp³-hybridized carbons (Fsp3) is 0.625. The van der Waals surface area contributed by atoms with Gasteiger partial charge in [-0.25, -0.2) is 14.6 Å². The first kappa shape index (κ1) is 15.1. The van der Waals surface area contributed by atoms with Gasteiger partial charge in [-0.15, -0.1) is 0 Å². The molecule has 2 aromatic heterocycles. The number of unbranched alkanes of at least 4 members (excludes halogenated alkanes) is 2. The first-order chi connectivity index (χ1) is 10.8. The quantitative estimate of drug-likeness (QED) is 0.768. The molecule has 1 aliphatic rings. The van der Waals surface area contributed by atoms with E-state index in [9.17, 15) is 0 Å². The topological polar surface area (TPSA) is 65.7 Å². The molecule has 0 radical (unpaired) electrons. The predicted octanol–water partition coefficient (Wildman–Crippen LogP) is 2.74. The first-order valence-corrected chi connectivity index (χ1v) is 8.10. The van der Waals surface area contributed by atoms with Crippen molar-refractivity contribution in [3.8, 4) is 11.5 Å². The zero-order valence-electron chi connectivity index (χ0n) is 13.3. The maximum absolute atomic E-state index is 5.50. The molecule has 3 heterocycles. The minimum absolute atomic E-state index is 0.255. The molecule has 118 valence electrons. The third-order valence-electron chi connectivity index (χ3n) is 3.94.